The van der Waals surface area contributed by atoms with Gasteiger partial charge in [0, 0.05) is 37.1 Å². The molecule has 7 atom stereocenters. The highest BCUT2D eigenvalue weighted by Gasteiger charge is 2.50. The van der Waals surface area contributed by atoms with Crippen molar-refractivity contribution in [2.45, 2.75) is 135 Å². The SMILES string of the molecule is CC/C=C\C/C=C\C/C=C\C/C=C\C/C=C\CCCCCCCC(=O)SCCNC(=O)CCNC(=O)[C@@H](O)C(C)(C)COP(=O)(O)OP(=O)(O)OC[C@H]1O[C@@H](n2cnc3c(N)ncnc32)[C@H](O)[C@@H]1OP(=O)(O)O. The minimum atomic E-state index is -5.58. The Labute approximate surface area is 429 Å². The van der Waals surface area contributed by atoms with Crippen molar-refractivity contribution in [3.05, 3.63) is 73.4 Å². The zero-order valence-electron chi connectivity index (χ0n) is 41.3. The van der Waals surface area contributed by atoms with E-state index in [-0.39, 0.29) is 41.6 Å². The lowest BCUT2D eigenvalue weighted by atomic mass is 9.87. The molecule has 0 bridgehead atoms. The topological polar surface area (TPSA) is 364 Å². The van der Waals surface area contributed by atoms with Crippen LogP contribution in [-0.4, -0.2) is 123 Å². The number of nitrogens with one attached hydrogen (secondary N) is 2. The molecule has 1 aliphatic heterocycles. The quantitative estimate of drug-likeness (QED) is 0.0210. The van der Waals surface area contributed by atoms with Crippen molar-refractivity contribution in [1.82, 2.24) is 30.2 Å². The highest BCUT2D eigenvalue weighted by atomic mass is 32.2. The number of imidazole rings is 1. The number of aliphatic hydroxyl groups excluding tert-OH is 2. The molecule has 410 valence electrons. The summed E-state index contributed by atoms with van der Waals surface area (Å²) in [6.07, 6.45) is 26.4. The molecule has 0 aromatic carbocycles. The molecule has 2 aromatic heterocycles. The number of anilines is 1. The fourth-order valence-corrected chi connectivity index (χ4v) is 10.3. The van der Waals surface area contributed by atoms with Crippen LogP contribution in [0.2, 0.25) is 0 Å². The van der Waals surface area contributed by atoms with Crippen LogP contribution in [0.4, 0.5) is 5.82 Å². The summed E-state index contributed by atoms with van der Waals surface area (Å²) in [7, 11) is -16.4. The van der Waals surface area contributed by atoms with Gasteiger partial charge in [0.15, 0.2) is 22.8 Å². The van der Waals surface area contributed by atoms with Crippen LogP contribution in [-0.2, 0) is 50.7 Å². The molecule has 0 spiro atoms. The van der Waals surface area contributed by atoms with Crippen molar-refractivity contribution >= 4 is 69.1 Å². The van der Waals surface area contributed by atoms with Crippen LogP contribution in [0.5, 0.6) is 0 Å². The first kappa shape index (κ1) is 63.6. The second-order valence-corrected chi connectivity index (χ2v) is 22.7. The van der Waals surface area contributed by atoms with Crippen molar-refractivity contribution in [2.24, 2.45) is 5.41 Å². The van der Waals surface area contributed by atoms with Crippen LogP contribution in [0.15, 0.2) is 73.4 Å². The first-order chi connectivity index (χ1) is 34.6. The molecule has 2 aromatic rings. The van der Waals surface area contributed by atoms with Crippen molar-refractivity contribution in [2.75, 3.05) is 37.8 Å². The number of phosphoric acid groups is 3. The average Bonchev–Trinajstić information content (AvgIpc) is 3.88. The number of hydrogen-bond acceptors (Lipinski definition) is 18. The highest BCUT2D eigenvalue weighted by Crippen LogP contribution is 2.61. The number of phosphoric ester groups is 3. The van der Waals surface area contributed by atoms with E-state index in [1.807, 2.05) is 0 Å². The molecule has 0 radical (unpaired) electrons. The highest BCUT2D eigenvalue weighted by molar-refractivity contribution is 8.13. The number of thioether (sulfide) groups is 1. The summed E-state index contributed by atoms with van der Waals surface area (Å²) >= 11 is 1.14. The zero-order valence-corrected chi connectivity index (χ0v) is 44.8. The standard InChI is InChI=1S/C45H72N7O17P3S/c1-4-5-6-7-8-9-10-11-12-13-14-15-16-17-18-19-20-21-22-23-24-25-36(54)73-29-28-47-35(53)26-27-48-43(57)40(56)45(2,3)31-66-72(63,64)69-71(61,62)65-30-34-39(68-70(58,59)60)38(55)44(67-34)52-33-51-37-41(46)49-32-50-42(37)52/h5-6,8-9,11-12,14-15,17-18,32-34,38-40,44,55-56H,4,7,10,13,16,19-31H2,1-3H3,(H,47,53)(H,48,57)(H,61,62)(H,63,64)(H2,46,49,50)(H2,58,59,60)/b6-5-,9-8-,12-11-,15-14-,18-17-/t34-,38-,39-,40-,44-/m1/s1. The van der Waals surface area contributed by atoms with Crippen LogP contribution in [0, 0.1) is 5.41 Å². The number of rotatable bonds is 36. The van der Waals surface area contributed by atoms with Crippen molar-refractivity contribution in [3.63, 3.8) is 0 Å². The Morgan fingerprint density at radius 2 is 1.44 bits per heavy atom. The second-order valence-electron chi connectivity index (χ2n) is 17.3. The number of aromatic nitrogens is 4. The lowest BCUT2D eigenvalue weighted by molar-refractivity contribution is -0.137. The Morgan fingerprint density at radius 3 is 2.08 bits per heavy atom. The first-order valence-corrected chi connectivity index (χ1v) is 29.4. The Kier molecular flexibility index (Phi) is 28.4. The van der Waals surface area contributed by atoms with E-state index in [9.17, 15) is 57.9 Å². The van der Waals surface area contributed by atoms with Crippen molar-refractivity contribution < 1.29 is 80.5 Å². The van der Waals surface area contributed by atoms with E-state index in [1.165, 1.54) is 13.8 Å². The molecule has 1 aliphatic rings. The molecule has 3 heterocycles. The summed E-state index contributed by atoms with van der Waals surface area (Å²) in [4.78, 5) is 88.5. The molecule has 10 N–H and O–H groups in total. The molecule has 73 heavy (non-hydrogen) atoms. The van der Waals surface area contributed by atoms with Gasteiger partial charge in [0.05, 0.1) is 19.5 Å². The summed E-state index contributed by atoms with van der Waals surface area (Å²) < 4.78 is 62.5. The predicted octanol–water partition coefficient (Wildman–Crippen LogP) is 6.15. The predicted molar refractivity (Wildman–Crippen MR) is 274 cm³/mol. The van der Waals surface area contributed by atoms with Gasteiger partial charge in [-0.3, -0.25) is 32.5 Å². The van der Waals surface area contributed by atoms with Crippen LogP contribution in [0.25, 0.3) is 11.2 Å². The second kappa shape index (κ2) is 32.6. The Balaban J connectivity index is 1.25. The van der Waals surface area contributed by atoms with Gasteiger partial charge in [-0.1, -0.05) is 113 Å². The molecule has 28 heteroatoms. The number of fused-ring (bicyclic) bond motifs is 1. The number of unbranched alkanes of at least 4 members (excludes halogenated alkanes) is 5. The van der Waals surface area contributed by atoms with Gasteiger partial charge in [-0.2, -0.15) is 4.31 Å². The summed E-state index contributed by atoms with van der Waals surface area (Å²) in [6, 6.07) is 0. The number of carbonyl (C=O) groups is 3. The third-order valence-electron chi connectivity index (χ3n) is 10.7. The van der Waals surface area contributed by atoms with E-state index < -0.39 is 84.6 Å². The van der Waals surface area contributed by atoms with Crippen LogP contribution in [0.1, 0.15) is 110 Å². The number of nitrogen functional groups attached to an aromatic ring is 1. The van der Waals surface area contributed by atoms with Gasteiger partial charge < -0.3 is 50.9 Å². The molecule has 2 amide bonds. The molecule has 3 rings (SSSR count). The minimum Gasteiger partial charge on any atom is -0.386 e. The van der Waals surface area contributed by atoms with E-state index in [0.29, 0.717) is 12.2 Å². The maximum absolute atomic E-state index is 12.8. The van der Waals surface area contributed by atoms with Gasteiger partial charge in [0.25, 0.3) is 0 Å². The third-order valence-corrected chi connectivity index (χ3v) is 14.7. The maximum atomic E-state index is 12.8. The number of aliphatic hydroxyl groups is 2. The summed E-state index contributed by atoms with van der Waals surface area (Å²) in [5.74, 6) is -1.06. The van der Waals surface area contributed by atoms with Crippen LogP contribution >= 0.6 is 35.2 Å². The van der Waals surface area contributed by atoms with Crippen LogP contribution in [0.3, 0.4) is 0 Å². The van der Waals surface area contributed by atoms with Gasteiger partial charge in [-0.25, -0.2) is 28.6 Å². The molecule has 1 saturated heterocycles. The normalized spacial score (nSPS) is 20.0. The minimum absolute atomic E-state index is 0.0311. The average molecular weight is 1110 g/mol. The molecule has 0 saturated carbocycles. The first-order valence-electron chi connectivity index (χ1n) is 23.9. The van der Waals surface area contributed by atoms with Gasteiger partial charge in [-0.15, -0.1) is 0 Å². The fraction of sp³-hybridized carbons (Fsp3) is 0.600. The largest absolute Gasteiger partial charge is 0.481 e. The molecule has 2 unspecified atom stereocenters. The Morgan fingerprint density at radius 1 is 0.836 bits per heavy atom. The molecule has 0 aliphatic carbocycles. The lowest BCUT2D eigenvalue weighted by Gasteiger charge is -2.30. The number of carbonyl (C=O) groups excluding carboxylic acids is 3. The molecular weight excluding hydrogens is 1040 g/mol. The van der Waals surface area contributed by atoms with E-state index in [2.05, 4.69) is 102 Å². The number of nitrogens with zero attached hydrogens (tertiary/aromatic N) is 4. The molecule has 24 nitrogen and oxygen atoms in total. The van der Waals surface area contributed by atoms with Crippen molar-refractivity contribution in [3.8, 4) is 0 Å². The molecular formula is C45H72N7O17P3S. The summed E-state index contributed by atoms with van der Waals surface area (Å²) in [5, 5.41) is 26.7. The van der Waals surface area contributed by atoms with E-state index >= 15 is 0 Å². The summed E-state index contributed by atoms with van der Waals surface area (Å²) in [6.45, 7) is 2.67. The molecule has 1 fully saturated rings. The monoisotopic (exact) mass is 1110 g/mol. The van der Waals surface area contributed by atoms with Gasteiger partial charge in [0.1, 0.15) is 36.3 Å². The maximum Gasteiger partial charge on any atom is 0.481 e. The number of nitrogens with two attached hydrogens (primary N) is 1. The lowest BCUT2D eigenvalue weighted by Crippen LogP contribution is -2.46. The van der Waals surface area contributed by atoms with E-state index in [1.54, 1.807) is 0 Å². The fourth-order valence-electron chi connectivity index (χ4n) is 6.80. The number of ether oxygens (including phenoxy) is 1. The smallest absolute Gasteiger partial charge is 0.386 e. The van der Waals surface area contributed by atoms with Gasteiger partial charge in [-0.05, 0) is 51.4 Å². The summed E-state index contributed by atoms with van der Waals surface area (Å²) in [5.41, 5.74) is 4.28. The van der Waals surface area contributed by atoms with Gasteiger partial charge in [0.2, 0.25) is 11.8 Å². The Bertz CT molecular complexity index is 2340. The van der Waals surface area contributed by atoms with E-state index in [0.717, 1.165) is 99.6 Å². The Hall–Kier alpha value is -3.74. The number of hydrogen-bond donors (Lipinski definition) is 9. The number of allylic oxidation sites excluding steroid dienone is 10. The van der Waals surface area contributed by atoms with Crippen molar-refractivity contribution in [1.29, 1.82) is 0 Å². The van der Waals surface area contributed by atoms with Gasteiger partial charge >= 0.3 is 23.5 Å². The third kappa shape index (κ3) is 25.1. The number of amides is 2. The zero-order chi connectivity index (χ0) is 53.9. The van der Waals surface area contributed by atoms with E-state index in [4.69, 9.17) is 19.5 Å². The van der Waals surface area contributed by atoms with Crippen LogP contribution < -0.4 is 16.4 Å².